The van der Waals surface area contributed by atoms with Crippen molar-refractivity contribution in [1.29, 1.82) is 0 Å². The van der Waals surface area contributed by atoms with Crippen LogP contribution in [0.4, 0.5) is 0 Å². The van der Waals surface area contributed by atoms with Gasteiger partial charge >= 0.3 is 0 Å². The van der Waals surface area contributed by atoms with Crippen LogP contribution in [0, 0.1) is 12.8 Å². The van der Waals surface area contributed by atoms with Gasteiger partial charge in [0.1, 0.15) is 0 Å². The number of aromatic nitrogens is 2. The molecule has 0 amide bonds. The third kappa shape index (κ3) is 2.78. The smallest absolute Gasteiger partial charge is 0.0939 e. The van der Waals surface area contributed by atoms with E-state index in [1.165, 1.54) is 5.03 Å². The fourth-order valence-electron chi connectivity index (χ4n) is 1.93. The molecule has 1 aromatic rings. The zero-order valence-corrected chi connectivity index (χ0v) is 10.7. The second-order valence-electron chi connectivity index (χ2n) is 4.35. The van der Waals surface area contributed by atoms with E-state index in [-0.39, 0.29) is 6.04 Å². The highest BCUT2D eigenvalue weighted by Gasteiger charge is 2.23. The van der Waals surface area contributed by atoms with Gasteiger partial charge in [-0.2, -0.15) is 5.10 Å². The summed E-state index contributed by atoms with van der Waals surface area (Å²) in [7, 11) is 1.97. The predicted molar refractivity (Wildman–Crippen MR) is 65.6 cm³/mol. The lowest BCUT2D eigenvalue weighted by atomic mass is 10.0. The van der Waals surface area contributed by atoms with E-state index in [0.717, 1.165) is 31.1 Å². The summed E-state index contributed by atoms with van der Waals surface area (Å²) in [5.74, 6) is 1.47. The second kappa shape index (κ2) is 5.21. The first-order chi connectivity index (χ1) is 7.66. The molecular weight excluding hydrogens is 222 g/mol. The summed E-state index contributed by atoms with van der Waals surface area (Å²) in [6.45, 7) is 3.70. The minimum absolute atomic E-state index is 0.225. The second-order valence-corrected chi connectivity index (χ2v) is 5.39. The molecule has 0 saturated carbocycles. The average molecular weight is 241 g/mol. The van der Waals surface area contributed by atoms with Crippen molar-refractivity contribution < 1.29 is 4.74 Å². The minimum Gasteiger partial charge on any atom is -0.381 e. The molecule has 2 unspecified atom stereocenters. The number of thioether (sulfide) groups is 1. The first kappa shape index (κ1) is 12.0. The van der Waals surface area contributed by atoms with Gasteiger partial charge in [0.05, 0.1) is 17.3 Å². The third-order valence-electron chi connectivity index (χ3n) is 2.95. The first-order valence-corrected chi connectivity index (χ1v) is 6.62. The Bertz CT molecular complexity index is 347. The fraction of sp³-hybridized carbons (Fsp3) is 0.727. The lowest BCUT2D eigenvalue weighted by molar-refractivity contribution is 0.182. The Balaban J connectivity index is 1.84. The Morgan fingerprint density at radius 3 is 3.12 bits per heavy atom. The molecule has 2 rings (SSSR count). The molecule has 1 fully saturated rings. The Kier molecular flexibility index (Phi) is 3.89. The van der Waals surface area contributed by atoms with Crippen LogP contribution in [-0.4, -0.2) is 34.8 Å². The lowest BCUT2D eigenvalue weighted by Gasteiger charge is -2.16. The zero-order valence-electron chi connectivity index (χ0n) is 9.85. The van der Waals surface area contributed by atoms with Gasteiger partial charge in [0.15, 0.2) is 0 Å². The Labute approximate surface area is 101 Å². The SMILES string of the molecule is Cc1cc(SCC(N)C2CCOC2)n(C)n1. The van der Waals surface area contributed by atoms with Gasteiger partial charge < -0.3 is 10.5 Å². The summed E-state index contributed by atoms with van der Waals surface area (Å²) in [5.41, 5.74) is 7.21. The zero-order chi connectivity index (χ0) is 11.5. The molecule has 0 aliphatic carbocycles. The van der Waals surface area contributed by atoms with Crippen molar-refractivity contribution in [3.8, 4) is 0 Å². The van der Waals surface area contributed by atoms with Gasteiger partial charge in [-0.05, 0) is 19.4 Å². The quantitative estimate of drug-likeness (QED) is 0.804. The van der Waals surface area contributed by atoms with E-state index in [0.29, 0.717) is 5.92 Å². The maximum atomic E-state index is 6.15. The normalized spacial score (nSPS) is 22.6. The minimum atomic E-state index is 0.225. The third-order valence-corrected chi connectivity index (χ3v) is 4.18. The standard InChI is InChI=1S/C11H19N3OS/c1-8-5-11(14(2)13-8)16-7-10(12)9-3-4-15-6-9/h5,9-10H,3-4,6-7,12H2,1-2H3. The maximum absolute atomic E-state index is 6.15. The van der Waals surface area contributed by atoms with Crippen LogP contribution in [0.1, 0.15) is 12.1 Å². The van der Waals surface area contributed by atoms with Gasteiger partial charge in [-0.15, -0.1) is 11.8 Å². The summed E-state index contributed by atoms with van der Waals surface area (Å²) in [6.07, 6.45) is 1.10. The molecule has 4 nitrogen and oxygen atoms in total. The summed E-state index contributed by atoms with van der Waals surface area (Å²) >= 11 is 1.78. The summed E-state index contributed by atoms with van der Waals surface area (Å²) < 4.78 is 7.27. The van der Waals surface area contributed by atoms with E-state index in [1.807, 2.05) is 18.7 Å². The molecule has 1 aliphatic heterocycles. The van der Waals surface area contributed by atoms with Crippen LogP contribution < -0.4 is 5.73 Å². The lowest BCUT2D eigenvalue weighted by Crippen LogP contribution is -2.32. The molecule has 1 aromatic heterocycles. The van der Waals surface area contributed by atoms with Crippen LogP contribution >= 0.6 is 11.8 Å². The van der Waals surface area contributed by atoms with Crippen molar-refractivity contribution in [1.82, 2.24) is 9.78 Å². The van der Waals surface area contributed by atoms with Crippen molar-refractivity contribution in [3.05, 3.63) is 11.8 Å². The molecule has 2 heterocycles. The fourth-order valence-corrected chi connectivity index (χ4v) is 3.05. The number of rotatable bonds is 4. The number of hydrogen-bond acceptors (Lipinski definition) is 4. The molecule has 2 N–H and O–H groups in total. The van der Waals surface area contributed by atoms with E-state index in [9.17, 15) is 0 Å². The van der Waals surface area contributed by atoms with Crippen molar-refractivity contribution in [2.75, 3.05) is 19.0 Å². The molecule has 0 aromatic carbocycles. The van der Waals surface area contributed by atoms with Crippen molar-refractivity contribution in [3.63, 3.8) is 0 Å². The molecule has 2 atom stereocenters. The maximum Gasteiger partial charge on any atom is 0.0939 e. The van der Waals surface area contributed by atoms with Gasteiger partial charge in [-0.25, -0.2) is 0 Å². The summed E-state index contributed by atoms with van der Waals surface area (Å²) in [4.78, 5) is 0. The van der Waals surface area contributed by atoms with Gasteiger partial charge in [-0.1, -0.05) is 0 Å². The first-order valence-electron chi connectivity index (χ1n) is 5.63. The number of nitrogens with two attached hydrogens (primary N) is 1. The van der Waals surface area contributed by atoms with Gasteiger partial charge in [0.25, 0.3) is 0 Å². The Hall–Kier alpha value is -0.520. The van der Waals surface area contributed by atoms with Crippen molar-refractivity contribution >= 4 is 11.8 Å². The number of ether oxygens (including phenoxy) is 1. The van der Waals surface area contributed by atoms with Gasteiger partial charge in [0, 0.05) is 31.4 Å². The molecule has 0 spiro atoms. The average Bonchev–Trinajstić information content (AvgIpc) is 2.84. The highest BCUT2D eigenvalue weighted by atomic mass is 32.2. The van der Waals surface area contributed by atoms with Crippen LogP contribution in [0.15, 0.2) is 11.1 Å². The van der Waals surface area contributed by atoms with Gasteiger partial charge in [0.2, 0.25) is 0 Å². The van der Waals surface area contributed by atoms with Crippen molar-refractivity contribution in [2.45, 2.75) is 24.4 Å². The summed E-state index contributed by atoms with van der Waals surface area (Å²) in [6, 6.07) is 2.32. The van der Waals surface area contributed by atoms with E-state index in [4.69, 9.17) is 10.5 Å². The van der Waals surface area contributed by atoms with E-state index in [1.54, 1.807) is 11.8 Å². The molecule has 0 bridgehead atoms. The van der Waals surface area contributed by atoms with E-state index >= 15 is 0 Å². The topological polar surface area (TPSA) is 53.1 Å². The van der Waals surface area contributed by atoms with Crippen molar-refractivity contribution in [2.24, 2.45) is 18.7 Å². The molecule has 16 heavy (non-hydrogen) atoms. The Morgan fingerprint density at radius 2 is 2.56 bits per heavy atom. The number of hydrogen-bond donors (Lipinski definition) is 1. The monoisotopic (exact) mass is 241 g/mol. The molecule has 1 aliphatic rings. The predicted octanol–water partition coefficient (Wildman–Crippen LogP) is 1.18. The Morgan fingerprint density at radius 1 is 1.75 bits per heavy atom. The highest BCUT2D eigenvalue weighted by molar-refractivity contribution is 7.99. The van der Waals surface area contributed by atoms with Crippen LogP contribution in [0.25, 0.3) is 0 Å². The van der Waals surface area contributed by atoms with Crippen LogP contribution in [-0.2, 0) is 11.8 Å². The van der Waals surface area contributed by atoms with Crippen LogP contribution in [0.2, 0.25) is 0 Å². The van der Waals surface area contributed by atoms with Crippen LogP contribution in [0.5, 0.6) is 0 Å². The molecular formula is C11H19N3OS. The molecule has 1 saturated heterocycles. The van der Waals surface area contributed by atoms with Crippen LogP contribution in [0.3, 0.4) is 0 Å². The van der Waals surface area contributed by atoms with Gasteiger partial charge in [-0.3, -0.25) is 4.68 Å². The van der Waals surface area contributed by atoms with E-state index < -0.39 is 0 Å². The van der Waals surface area contributed by atoms with E-state index in [2.05, 4.69) is 11.2 Å². The molecule has 0 radical (unpaired) electrons. The summed E-state index contributed by atoms with van der Waals surface area (Å²) in [5, 5.41) is 5.50. The largest absolute Gasteiger partial charge is 0.381 e. The number of aryl methyl sites for hydroxylation is 2. The molecule has 90 valence electrons. The number of nitrogens with zero attached hydrogens (tertiary/aromatic N) is 2. The highest BCUT2D eigenvalue weighted by Crippen LogP contribution is 2.23. The molecule has 5 heteroatoms.